The van der Waals surface area contributed by atoms with Crippen LogP contribution in [0, 0.1) is 0 Å². The van der Waals surface area contributed by atoms with Gasteiger partial charge in [-0.15, -0.1) is 0 Å². The maximum Gasteiger partial charge on any atom is 0.317 e. The van der Waals surface area contributed by atoms with Gasteiger partial charge in [0.1, 0.15) is 0 Å². The quantitative estimate of drug-likeness (QED) is 0.744. The second-order valence-corrected chi connectivity index (χ2v) is 6.23. The van der Waals surface area contributed by atoms with Crippen LogP contribution in [-0.4, -0.2) is 55.5 Å². The second-order valence-electron chi connectivity index (χ2n) is 6.23. The first kappa shape index (κ1) is 13.9. The van der Waals surface area contributed by atoms with Crippen LogP contribution in [0.1, 0.15) is 32.6 Å². The van der Waals surface area contributed by atoms with Crippen LogP contribution in [0.3, 0.4) is 0 Å². The maximum absolute atomic E-state index is 12.3. The van der Waals surface area contributed by atoms with Gasteiger partial charge in [-0.2, -0.15) is 0 Å². The highest BCUT2D eigenvalue weighted by atomic mass is 16.6. The number of urea groups is 1. The molecule has 3 aliphatic rings. The summed E-state index contributed by atoms with van der Waals surface area (Å²) in [5.41, 5.74) is 1.13. The molecule has 2 fully saturated rings. The van der Waals surface area contributed by atoms with Gasteiger partial charge in [0.15, 0.2) is 0 Å². The molecule has 2 saturated heterocycles. The molecule has 0 aliphatic carbocycles. The molecule has 3 aliphatic heterocycles. The van der Waals surface area contributed by atoms with Crippen molar-refractivity contribution in [2.75, 3.05) is 32.9 Å². The van der Waals surface area contributed by atoms with Crippen LogP contribution in [-0.2, 0) is 9.47 Å². The normalized spacial score (nSPS) is 34.1. The first-order chi connectivity index (χ1) is 9.67. The van der Waals surface area contributed by atoms with Crippen molar-refractivity contribution in [3.8, 4) is 0 Å². The summed E-state index contributed by atoms with van der Waals surface area (Å²) in [6, 6.07) is 0.280. The minimum Gasteiger partial charge on any atom is -0.378 e. The zero-order valence-electron chi connectivity index (χ0n) is 12.2. The minimum absolute atomic E-state index is 0.0680. The number of hydrogen-bond acceptors (Lipinski definition) is 3. The Kier molecular flexibility index (Phi) is 3.98. The van der Waals surface area contributed by atoms with Crippen LogP contribution in [0.5, 0.6) is 0 Å². The fourth-order valence-corrected chi connectivity index (χ4v) is 3.36. The molecule has 20 heavy (non-hydrogen) atoms. The van der Waals surface area contributed by atoms with Crippen molar-refractivity contribution in [3.63, 3.8) is 0 Å². The van der Waals surface area contributed by atoms with E-state index < -0.39 is 0 Å². The van der Waals surface area contributed by atoms with E-state index in [9.17, 15) is 4.79 Å². The van der Waals surface area contributed by atoms with Crippen LogP contribution < -0.4 is 5.32 Å². The lowest BCUT2D eigenvalue weighted by atomic mass is 9.90. The number of rotatable bonds is 1. The predicted molar refractivity (Wildman–Crippen MR) is 75.6 cm³/mol. The van der Waals surface area contributed by atoms with Crippen molar-refractivity contribution in [3.05, 3.63) is 11.6 Å². The Balaban J connectivity index is 1.54. The van der Waals surface area contributed by atoms with E-state index >= 15 is 0 Å². The van der Waals surface area contributed by atoms with Crippen molar-refractivity contribution in [1.29, 1.82) is 0 Å². The Labute approximate surface area is 120 Å². The van der Waals surface area contributed by atoms with E-state index in [4.69, 9.17) is 9.47 Å². The smallest absolute Gasteiger partial charge is 0.317 e. The second kappa shape index (κ2) is 5.74. The van der Waals surface area contributed by atoms with Crippen LogP contribution in [0.4, 0.5) is 4.79 Å². The van der Waals surface area contributed by atoms with E-state index in [0.717, 1.165) is 45.4 Å². The molecule has 0 aromatic carbocycles. The Morgan fingerprint density at radius 1 is 1.50 bits per heavy atom. The molecule has 5 nitrogen and oxygen atoms in total. The molecule has 1 spiro atoms. The standard InChI is InChI=1S/C15H24N2O3/c1-12-3-2-6-17(10-12)14(18)16-13-4-7-20-15(9-13)5-8-19-11-15/h3,13H,2,4-11H2,1H3,(H,16,18)/t13-,15-/m0/s1. The van der Waals surface area contributed by atoms with Gasteiger partial charge in [0.05, 0.1) is 12.2 Å². The highest BCUT2D eigenvalue weighted by Gasteiger charge is 2.41. The molecule has 5 heteroatoms. The van der Waals surface area contributed by atoms with Crippen molar-refractivity contribution < 1.29 is 14.3 Å². The molecular formula is C15H24N2O3. The third-order valence-corrected chi connectivity index (χ3v) is 4.51. The Bertz CT molecular complexity index is 402. The summed E-state index contributed by atoms with van der Waals surface area (Å²) in [6.07, 6.45) is 5.90. The van der Waals surface area contributed by atoms with Gasteiger partial charge in [-0.05, 0) is 26.2 Å². The van der Waals surface area contributed by atoms with Gasteiger partial charge in [-0.25, -0.2) is 4.79 Å². The molecule has 3 rings (SSSR count). The summed E-state index contributed by atoms with van der Waals surface area (Å²) in [7, 11) is 0. The summed E-state index contributed by atoms with van der Waals surface area (Å²) < 4.78 is 11.4. The van der Waals surface area contributed by atoms with Crippen molar-refractivity contribution >= 4 is 6.03 Å². The SMILES string of the molecule is CC1=CCCN(C(=O)N[C@H]2CCO[C@@]3(CCOC3)C2)C1. The average Bonchev–Trinajstić information content (AvgIpc) is 2.87. The number of hydrogen-bond donors (Lipinski definition) is 1. The summed E-state index contributed by atoms with van der Waals surface area (Å²) >= 11 is 0. The predicted octanol–water partition coefficient (Wildman–Crippen LogP) is 1.69. The lowest BCUT2D eigenvalue weighted by Crippen LogP contribution is -2.52. The number of ether oxygens (including phenoxy) is 2. The van der Waals surface area contributed by atoms with Crippen molar-refractivity contribution in [2.24, 2.45) is 0 Å². The molecule has 0 unspecified atom stereocenters. The number of nitrogens with one attached hydrogen (secondary N) is 1. The summed E-state index contributed by atoms with van der Waals surface area (Å²) in [4.78, 5) is 14.2. The summed E-state index contributed by atoms with van der Waals surface area (Å²) in [5, 5.41) is 3.18. The van der Waals surface area contributed by atoms with Gasteiger partial charge in [-0.3, -0.25) is 0 Å². The van der Waals surface area contributed by atoms with Gasteiger partial charge >= 0.3 is 6.03 Å². The molecule has 3 heterocycles. The molecule has 0 bridgehead atoms. The third kappa shape index (κ3) is 2.99. The van der Waals surface area contributed by atoms with Crippen LogP contribution >= 0.6 is 0 Å². The molecule has 2 atom stereocenters. The Hall–Kier alpha value is -1.07. The Morgan fingerprint density at radius 2 is 2.40 bits per heavy atom. The van der Waals surface area contributed by atoms with Crippen LogP contribution in [0.2, 0.25) is 0 Å². The number of carbonyl (C=O) groups is 1. The zero-order chi connectivity index (χ0) is 14.0. The fourth-order valence-electron chi connectivity index (χ4n) is 3.36. The van der Waals surface area contributed by atoms with Gasteiger partial charge in [0.25, 0.3) is 0 Å². The van der Waals surface area contributed by atoms with E-state index in [1.165, 1.54) is 5.57 Å². The number of carbonyl (C=O) groups excluding carboxylic acids is 1. The topological polar surface area (TPSA) is 50.8 Å². The van der Waals surface area contributed by atoms with Crippen LogP contribution in [0.25, 0.3) is 0 Å². The molecule has 0 aromatic heterocycles. The lowest BCUT2D eigenvalue weighted by Gasteiger charge is -2.38. The molecule has 0 aromatic rings. The van der Waals surface area contributed by atoms with Gasteiger partial charge < -0.3 is 19.7 Å². The Morgan fingerprint density at radius 3 is 3.15 bits per heavy atom. The van der Waals surface area contributed by atoms with E-state index in [0.29, 0.717) is 13.2 Å². The number of nitrogens with zero attached hydrogens (tertiary/aromatic N) is 1. The van der Waals surface area contributed by atoms with Gasteiger partial charge in [-0.1, -0.05) is 11.6 Å². The molecule has 0 saturated carbocycles. The van der Waals surface area contributed by atoms with Gasteiger partial charge in [0, 0.05) is 38.8 Å². The van der Waals surface area contributed by atoms with E-state index in [1.807, 2.05) is 4.90 Å². The maximum atomic E-state index is 12.3. The average molecular weight is 280 g/mol. The molecule has 2 amide bonds. The summed E-state index contributed by atoms with van der Waals surface area (Å²) in [5.74, 6) is 0. The zero-order valence-corrected chi connectivity index (χ0v) is 12.2. The van der Waals surface area contributed by atoms with Gasteiger partial charge in [0.2, 0.25) is 0 Å². The first-order valence-corrected chi connectivity index (χ1v) is 7.60. The van der Waals surface area contributed by atoms with E-state index in [-0.39, 0.29) is 17.7 Å². The van der Waals surface area contributed by atoms with Crippen LogP contribution in [0.15, 0.2) is 11.6 Å². The molecular weight excluding hydrogens is 256 g/mol. The molecule has 112 valence electrons. The minimum atomic E-state index is -0.145. The van der Waals surface area contributed by atoms with E-state index in [1.54, 1.807) is 0 Å². The van der Waals surface area contributed by atoms with Crippen molar-refractivity contribution in [1.82, 2.24) is 10.2 Å². The monoisotopic (exact) mass is 280 g/mol. The number of amides is 2. The third-order valence-electron chi connectivity index (χ3n) is 4.51. The highest BCUT2D eigenvalue weighted by Crippen LogP contribution is 2.32. The highest BCUT2D eigenvalue weighted by molar-refractivity contribution is 5.75. The summed E-state index contributed by atoms with van der Waals surface area (Å²) in [6.45, 7) is 5.82. The van der Waals surface area contributed by atoms with Crippen molar-refractivity contribution in [2.45, 2.75) is 44.2 Å². The fraction of sp³-hybridized carbons (Fsp3) is 0.800. The largest absolute Gasteiger partial charge is 0.378 e. The lowest BCUT2D eigenvalue weighted by molar-refractivity contribution is -0.0881. The molecule has 0 radical (unpaired) electrons. The molecule has 1 N–H and O–H groups in total. The first-order valence-electron chi connectivity index (χ1n) is 7.60. The van der Waals surface area contributed by atoms with E-state index in [2.05, 4.69) is 18.3 Å².